The zero-order valence-corrected chi connectivity index (χ0v) is 12.4. The summed E-state index contributed by atoms with van der Waals surface area (Å²) in [5.41, 5.74) is 1.28. The molecule has 0 aliphatic heterocycles. The molecule has 0 atom stereocenters. The second-order valence-electron chi connectivity index (χ2n) is 5.67. The maximum Gasteiger partial charge on any atom is 0.202 e. The number of benzene rings is 1. The highest BCUT2D eigenvalue weighted by atomic mass is 15.2. The van der Waals surface area contributed by atoms with Gasteiger partial charge in [0.05, 0.1) is 6.04 Å². The average Bonchev–Trinajstić information content (AvgIpc) is 3.08. The maximum absolute atomic E-state index is 4.96. The van der Waals surface area contributed by atoms with Crippen LogP contribution in [0, 0.1) is 0 Å². The molecule has 0 radical (unpaired) electrons. The lowest BCUT2D eigenvalue weighted by atomic mass is 9.96. The molecule has 1 aliphatic rings. The predicted molar refractivity (Wildman–Crippen MR) is 87.4 cm³/mol. The van der Waals surface area contributed by atoms with Crippen LogP contribution in [0.5, 0.6) is 0 Å². The van der Waals surface area contributed by atoms with Gasteiger partial charge >= 0.3 is 0 Å². The van der Waals surface area contributed by atoms with E-state index in [0.29, 0.717) is 6.04 Å². The van der Waals surface area contributed by atoms with Crippen LogP contribution >= 0.6 is 0 Å². The SMILES string of the molecule is c1ccc(CN/C(=N/C2CCCCC2)n2cccc2)cc1. The van der Waals surface area contributed by atoms with Gasteiger partial charge in [0.2, 0.25) is 5.96 Å². The summed E-state index contributed by atoms with van der Waals surface area (Å²) in [7, 11) is 0. The zero-order valence-electron chi connectivity index (χ0n) is 12.4. The fourth-order valence-corrected chi connectivity index (χ4v) is 2.84. The lowest BCUT2D eigenvalue weighted by molar-refractivity contribution is 0.441. The monoisotopic (exact) mass is 281 g/mol. The zero-order chi connectivity index (χ0) is 14.3. The summed E-state index contributed by atoms with van der Waals surface area (Å²) in [5, 5.41) is 3.50. The Hall–Kier alpha value is -2.03. The number of aromatic nitrogens is 1. The van der Waals surface area contributed by atoms with Crippen molar-refractivity contribution in [1.29, 1.82) is 0 Å². The van der Waals surface area contributed by atoms with Gasteiger partial charge in [0.1, 0.15) is 0 Å². The van der Waals surface area contributed by atoms with E-state index in [0.717, 1.165) is 12.5 Å². The molecule has 0 saturated heterocycles. The summed E-state index contributed by atoms with van der Waals surface area (Å²) in [6.07, 6.45) is 10.5. The molecule has 1 aromatic carbocycles. The van der Waals surface area contributed by atoms with E-state index in [1.165, 1.54) is 37.7 Å². The van der Waals surface area contributed by atoms with Crippen molar-refractivity contribution in [1.82, 2.24) is 9.88 Å². The third kappa shape index (κ3) is 3.97. The molecule has 1 saturated carbocycles. The molecular formula is C18H23N3. The van der Waals surface area contributed by atoms with Crippen molar-refractivity contribution in [2.24, 2.45) is 4.99 Å². The second kappa shape index (κ2) is 7.11. The molecule has 2 aromatic rings. The largest absolute Gasteiger partial charge is 0.352 e. The third-order valence-corrected chi connectivity index (χ3v) is 4.02. The van der Waals surface area contributed by atoms with Crippen LogP contribution in [0.1, 0.15) is 37.7 Å². The molecule has 3 rings (SSSR count). The third-order valence-electron chi connectivity index (χ3n) is 4.02. The minimum atomic E-state index is 0.472. The van der Waals surface area contributed by atoms with Gasteiger partial charge in [-0.15, -0.1) is 0 Å². The van der Waals surface area contributed by atoms with Crippen LogP contribution in [0.15, 0.2) is 59.9 Å². The Balaban J connectivity index is 1.71. The van der Waals surface area contributed by atoms with Crippen molar-refractivity contribution in [3.05, 3.63) is 60.4 Å². The first-order chi connectivity index (χ1) is 10.4. The highest BCUT2D eigenvalue weighted by Crippen LogP contribution is 2.20. The van der Waals surface area contributed by atoms with Crippen LogP contribution in [-0.4, -0.2) is 16.6 Å². The molecule has 0 bridgehead atoms. The number of hydrogen-bond donors (Lipinski definition) is 1. The van der Waals surface area contributed by atoms with Gasteiger partial charge in [0.15, 0.2) is 0 Å². The summed E-state index contributed by atoms with van der Waals surface area (Å²) in [6.45, 7) is 0.810. The van der Waals surface area contributed by atoms with Gasteiger partial charge in [-0.1, -0.05) is 49.6 Å². The Bertz CT molecular complexity index is 551. The molecule has 0 amide bonds. The van der Waals surface area contributed by atoms with Gasteiger partial charge in [-0.3, -0.25) is 4.57 Å². The summed E-state index contributed by atoms with van der Waals surface area (Å²) in [4.78, 5) is 4.96. The van der Waals surface area contributed by atoms with Gasteiger partial charge in [-0.05, 0) is 30.5 Å². The number of rotatable bonds is 3. The van der Waals surface area contributed by atoms with Gasteiger partial charge in [-0.25, -0.2) is 4.99 Å². The average molecular weight is 281 g/mol. The molecular weight excluding hydrogens is 258 g/mol. The quantitative estimate of drug-likeness (QED) is 0.672. The Morgan fingerprint density at radius 2 is 1.71 bits per heavy atom. The molecule has 21 heavy (non-hydrogen) atoms. The number of nitrogens with one attached hydrogen (secondary N) is 1. The van der Waals surface area contributed by atoms with Crippen molar-refractivity contribution in [2.75, 3.05) is 0 Å². The van der Waals surface area contributed by atoms with E-state index < -0.39 is 0 Å². The highest BCUT2D eigenvalue weighted by Gasteiger charge is 2.13. The summed E-state index contributed by atoms with van der Waals surface area (Å²) in [5.74, 6) is 0.968. The van der Waals surface area contributed by atoms with E-state index in [1.807, 2.05) is 18.2 Å². The Morgan fingerprint density at radius 1 is 1.00 bits per heavy atom. The maximum atomic E-state index is 4.96. The fraction of sp³-hybridized carbons (Fsp3) is 0.389. The first-order valence-electron chi connectivity index (χ1n) is 7.91. The van der Waals surface area contributed by atoms with Crippen LogP contribution in [0.25, 0.3) is 0 Å². The fourth-order valence-electron chi connectivity index (χ4n) is 2.84. The van der Waals surface area contributed by atoms with Crippen molar-refractivity contribution in [3.8, 4) is 0 Å². The van der Waals surface area contributed by atoms with Crippen LogP contribution < -0.4 is 5.32 Å². The highest BCUT2D eigenvalue weighted by molar-refractivity contribution is 5.82. The molecule has 0 spiro atoms. The standard InChI is InChI=1S/C18H23N3/c1-3-9-16(10-4-1)15-19-18(21-13-7-8-14-21)20-17-11-5-2-6-12-17/h1,3-4,7-10,13-14,17H,2,5-6,11-12,15H2,(H,19,20). The van der Waals surface area contributed by atoms with E-state index >= 15 is 0 Å². The van der Waals surface area contributed by atoms with Crippen LogP contribution in [0.3, 0.4) is 0 Å². The Morgan fingerprint density at radius 3 is 2.43 bits per heavy atom. The summed E-state index contributed by atoms with van der Waals surface area (Å²) < 4.78 is 2.08. The topological polar surface area (TPSA) is 29.3 Å². The molecule has 1 aliphatic carbocycles. The van der Waals surface area contributed by atoms with Crippen molar-refractivity contribution < 1.29 is 0 Å². The Kier molecular flexibility index (Phi) is 4.72. The first kappa shape index (κ1) is 13.9. The minimum absolute atomic E-state index is 0.472. The van der Waals surface area contributed by atoms with Crippen LogP contribution in [0.4, 0.5) is 0 Å². The van der Waals surface area contributed by atoms with E-state index in [2.05, 4.69) is 46.5 Å². The number of hydrogen-bond acceptors (Lipinski definition) is 1. The van der Waals surface area contributed by atoms with Gasteiger partial charge in [0, 0.05) is 18.9 Å². The van der Waals surface area contributed by atoms with Crippen molar-refractivity contribution in [3.63, 3.8) is 0 Å². The normalized spacial score (nSPS) is 16.9. The lowest BCUT2D eigenvalue weighted by Crippen LogP contribution is -2.31. The molecule has 1 aromatic heterocycles. The second-order valence-corrected chi connectivity index (χ2v) is 5.67. The van der Waals surface area contributed by atoms with Gasteiger partial charge in [0.25, 0.3) is 0 Å². The molecule has 0 unspecified atom stereocenters. The van der Waals surface area contributed by atoms with Gasteiger partial charge in [-0.2, -0.15) is 0 Å². The molecule has 110 valence electrons. The Labute approximate surface area is 126 Å². The van der Waals surface area contributed by atoms with E-state index in [1.54, 1.807) is 0 Å². The van der Waals surface area contributed by atoms with Crippen molar-refractivity contribution in [2.45, 2.75) is 44.7 Å². The molecule has 1 heterocycles. The van der Waals surface area contributed by atoms with E-state index in [9.17, 15) is 0 Å². The van der Waals surface area contributed by atoms with E-state index in [-0.39, 0.29) is 0 Å². The number of aliphatic imine (C=N–C) groups is 1. The van der Waals surface area contributed by atoms with Crippen LogP contribution in [-0.2, 0) is 6.54 Å². The lowest BCUT2D eigenvalue weighted by Gasteiger charge is -2.20. The molecule has 1 N–H and O–H groups in total. The van der Waals surface area contributed by atoms with E-state index in [4.69, 9.17) is 4.99 Å². The summed E-state index contributed by atoms with van der Waals surface area (Å²) >= 11 is 0. The minimum Gasteiger partial charge on any atom is -0.352 e. The first-order valence-corrected chi connectivity index (χ1v) is 7.91. The van der Waals surface area contributed by atoms with Gasteiger partial charge < -0.3 is 5.32 Å². The molecule has 3 nitrogen and oxygen atoms in total. The summed E-state index contributed by atoms with van der Waals surface area (Å²) in [6, 6.07) is 15.0. The predicted octanol–water partition coefficient (Wildman–Crippen LogP) is 3.81. The molecule has 3 heteroatoms. The molecule has 1 fully saturated rings. The van der Waals surface area contributed by atoms with Crippen molar-refractivity contribution >= 4 is 5.96 Å². The smallest absolute Gasteiger partial charge is 0.202 e. The van der Waals surface area contributed by atoms with Crippen LogP contribution in [0.2, 0.25) is 0 Å². The number of nitrogens with zero attached hydrogens (tertiary/aromatic N) is 2.